The van der Waals surface area contributed by atoms with Gasteiger partial charge >= 0.3 is 0 Å². The van der Waals surface area contributed by atoms with E-state index in [0.29, 0.717) is 21.6 Å². The van der Waals surface area contributed by atoms with Crippen molar-refractivity contribution in [2.45, 2.75) is 0 Å². The van der Waals surface area contributed by atoms with Crippen LogP contribution < -0.4 is 4.74 Å². The summed E-state index contributed by atoms with van der Waals surface area (Å²) in [4.78, 5) is 8.47. The van der Waals surface area contributed by atoms with Gasteiger partial charge in [-0.25, -0.2) is 4.98 Å². The molecule has 4 aromatic rings. The van der Waals surface area contributed by atoms with E-state index in [0.717, 1.165) is 15.7 Å². The zero-order chi connectivity index (χ0) is 13.5. The molecule has 0 aliphatic carbocycles. The summed E-state index contributed by atoms with van der Waals surface area (Å²) in [6, 6.07) is 9.38. The van der Waals surface area contributed by atoms with Crippen molar-refractivity contribution in [3.63, 3.8) is 0 Å². The number of halogens is 1. The summed E-state index contributed by atoms with van der Waals surface area (Å²) in [5, 5.41) is 2.15. The van der Waals surface area contributed by atoms with Gasteiger partial charge in [0.2, 0.25) is 0 Å². The van der Waals surface area contributed by atoms with E-state index in [2.05, 4.69) is 9.97 Å². The molecule has 4 rings (SSSR count). The largest absolute Gasteiger partial charge is 0.464 e. The van der Waals surface area contributed by atoms with E-state index in [9.17, 15) is 0 Å². The Labute approximate surface area is 122 Å². The van der Waals surface area contributed by atoms with Gasteiger partial charge in [0.1, 0.15) is 11.3 Å². The highest BCUT2D eigenvalue weighted by molar-refractivity contribution is 7.20. The Hall–Kier alpha value is -2.11. The highest BCUT2D eigenvalue weighted by Crippen LogP contribution is 2.32. The summed E-state index contributed by atoms with van der Waals surface area (Å²) in [5.41, 5.74) is 1.42. The molecule has 0 N–H and O–H groups in total. The summed E-state index contributed by atoms with van der Waals surface area (Å²) in [6.45, 7) is 0. The third-order valence-corrected chi connectivity index (χ3v) is 3.90. The SMILES string of the molecule is Clc1cnc2nc(Oc3ccc4ccoc4c3)sc2c1. The summed E-state index contributed by atoms with van der Waals surface area (Å²) in [6.07, 6.45) is 3.22. The lowest BCUT2D eigenvalue weighted by Crippen LogP contribution is -1.82. The van der Waals surface area contributed by atoms with E-state index in [1.165, 1.54) is 11.3 Å². The lowest BCUT2D eigenvalue weighted by molar-refractivity contribution is 0.479. The van der Waals surface area contributed by atoms with Crippen molar-refractivity contribution in [3.05, 3.63) is 47.8 Å². The van der Waals surface area contributed by atoms with Crippen LogP contribution in [0.2, 0.25) is 5.02 Å². The molecule has 0 radical (unpaired) electrons. The lowest BCUT2D eigenvalue weighted by atomic mass is 10.2. The average Bonchev–Trinajstić information content (AvgIpc) is 3.03. The van der Waals surface area contributed by atoms with Gasteiger partial charge in [-0.1, -0.05) is 22.9 Å². The van der Waals surface area contributed by atoms with Gasteiger partial charge in [-0.15, -0.1) is 0 Å². The molecule has 0 saturated heterocycles. The number of rotatable bonds is 2. The minimum absolute atomic E-state index is 0.528. The Morgan fingerprint density at radius 1 is 1.20 bits per heavy atom. The third kappa shape index (κ3) is 2.01. The molecule has 0 amide bonds. The van der Waals surface area contributed by atoms with Gasteiger partial charge in [0, 0.05) is 17.6 Å². The summed E-state index contributed by atoms with van der Waals surface area (Å²) in [5.74, 6) is 0.678. The van der Waals surface area contributed by atoms with Gasteiger partial charge in [0.25, 0.3) is 5.19 Å². The molecule has 0 aliphatic rings. The highest BCUT2D eigenvalue weighted by Gasteiger charge is 2.08. The molecule has 4 nitrogen and oxygen atoms in total. The summed E-state index contributed by atoms with van der Waals surface area (Å²) >= 11 is 7.31. The van der Waals surface area contributed by atoms with E-state index in [1.54, 1.807) is 12.5 Å². The number of nitrogens with zero attached hydrogens (tertiary/aromatic N) is 2. The predicted octanol–water partition coefficient (Wildman–Crippen LogP) is 4.88. The van der Waals surface area contributed by atoms with Crippen molar-refractivity contribution in [1.82, 2.24) is 9.97 Å². The normalized spacial score (nSPS) is 11.2. The van der Waals surface area contributed by atoms with Crippen molar-refractivity contribution in [3.8, 4) is 10.9 Å². The smallest absolute Gasteiger partial charge is 0.281 e. The molecule has 0 spiro atoms. The van der Waals surface area contributed by atoms with Crippen LogP contribution in [0.25, 0.3) is 21.3 Å². The maximum Gasteiger partial charge on any atom is 0.281 e. The predicted molar refractivity (Wildman–Crippen MR) is 78.7 cm³/mol. The number of thiazole rings is 1. The first-order valence-corrected chi connectivity index (χ1v) is 7.04. The fraction of sp³-hybridized carbons (Fsp3) is 0. The van der Waals surface area contributed by atoms with Gasteiger partial charge in [-0.3, -0.25) is 0 Å². The second kappa shape index (κ2) is 4.47. The van der Waals surface area contributed by atoms with Gasteiger partial charge in [0.15, 0.2) is 5.65 Å². The number of furan rings is 1. The number of ether oxygens (including phenoxy) is 1. The fourth-order valence-electron chi connectivity index (χ4n) is 1.92. The minimum Gasteiger partial charge on any atom is -0.464 e. The second-order valence-electron chi connectivity index (χ2n) is 4.18. The third-order valence-electron chi connectivity index (χ3n) is 2.83. The zero-order valence-electron chi connectivity index (χ0n) is 10.0. The van der Waals surface area contributed by atoms with Crippen molar-refractivity contribution in [2.24, 2.45) is 0 Å². The van der Waals surface area contributed by atoms with Gasteiger partial charge in [-0.2, -0.15) is 4.98 Å². The Balaban J connectivity index is 1.72. The van der Waals surface area contributed by atoms with E-state index in [-0.39, 0.29) is 0 Å². The first kappa shape index (κ1) is 11.7. The highest BCUT2D eigenvalue weighted by atomic mass is 35.5. The molecule has 0 saturated carbocycles. The van der Waals surface area contributed by atoms with Crippen LogP contribution in [0.3, 0.4) is 0 Å². The molecule has 0 bridgehead atoms. The minimum atomic E-state index is 0.528. The molecule has 0 atom stereocenters. The number of pyridine rings is 1. The topological polar surface area (TPSA) is 48.2 Å². The number of fused-ring (bicyclic) bond motifs is 2. The Bertz CT molecular complexity index is 916. The summed E-state index contributed by atoms with van der Waals surface area (Å²) < 4.78 is 12.0. The maximum absolute atomic E-state index is 5.90. The van der Waals surface area contributed by atoms with Crippen molar-refractivity contribution in [2.75, 3.05) is 0 Å². The van der Waals surface area contributed by atoms with Crippen molar-refractivity contribution in [1.29, 1.82) is 0 Å². The first-order chi connectivity index (χ1) is 9.78. The van der Waals surface area contributed by atoms with Crippen LogP contribution in [0.1, 0.15) is 0 Å². The second-order valence-corrected chi connectivity index (χ2v) is 5.61. The Kier molecular flexibility index (Phi) is 2.61. The van der Waals surface area contributed by atoms with Crippen LogP contribution in [0, 0.1) is 0 Å². The number of benzene rings is 1. The fourth-order valence-corrected chi connectivity index (χ4v) is 2.98. The zero-order valence-corrected chi connectivity index (χ0v) is 11.6. The molecule has 3 heterocycles. The molecule has 0 aliphatic heterocycles. The maximum atomic E-state index is 5.90. The Morgan fingerprint density at radius 3 is 3.10 bits per heavy atom. The quantitative estimate of drug-likeness (QED) is 0.529. The van der Waals surface area contributed by atoms with Crippen molar-refractivity contribution >= 4 is 44.3 Å². The molecule has 1 aromatic carbocycles. The van der Waals surface area contributed by atoms with E-state index in [4.69, 9.17) is 20.8 Å². The molecule has 20 heavy (non-hydrogen) atoms. The molecular weight excluding hydrogens is 296 g/mol. The van der Waals surface area contributed by atoms with E-state index < -0.39 is 0 Å². The first-order valence-electron chi connectivity index (χ1n) is 5.85. The van der Waals surface area contributed by atoms with Crippen LogP contribution in [-0.2, 0) is 0 Å². The van der Waals surface area contributed by atoms with Crippen LogP contribution in [-0.4, -0.2) is 9.97 Å². The number of hydrogen-bond acceptors (Lipinski definition) is 5. The molecule has 0 unspecified atom stereocenters. The standard InChI is InChI=1S/C14H7ClN2O2S/c15-9-5-12-13(16-7-9)17-14(20-12)19-10-2-1-8-3-4-18-11(8)6-10/h1-7H. The van der Waals surface area contributed by atoms with E-state index >= 15 is 0 Å². The van der Waals surface area contributed by atoms with Crippen LogP contribution >= 0.6 is 22.9 Å². The van der Waals surface area contributed by atoms with Crippen LogP contribution in [0.4, 0.5) is 0 Å². The molecule has 3 aromatic heterocycles. The number of aromatic nitrogens is 2. The molecule has 0 fully saturated rings. The Morgan fingerprint density at radius 2 is 2.15 bits per heavy atom. The number of hydrogen-bond donors (Lipinski definition) is 0. The monoisotopic (exact) mass is 302 g/mol. The molecular formula is C14H7ClN2O2S. The van der Waals surface area contributed by atoms with Gasteiger partial charge < -0.3 is 9.15 Å². The van der Waals surface area contributed by atoms with Crippen LogP contribution in [0.5, 0.6) is 10.9 Å². The van der Waals surface area contributed by atoms with Crippen LogP contribution in [0.15, 0.2) is 47.2 Å². The van der Waals surface area contributed by atoms with Gasteiger partial charge in [-0.05, 0) is 24.3 Å². The molecule has 98 valence electrons. The average molecular weight is 303 g/mol. The molecule has 6 heteroatoms. The van der Waals surface area contributed by atoms with Crippen molar-refractivity contribution < 1.29 is 9.15 Å². The lowest BCUT2D eigenvalue weighted by Gasteiger charge is -2.00. The van der Waals surface area contributed by atoms with Gasteiger partial charge in [0.05, 0.1) is 16.0 Å². The summed E-state index contributed by atoms with van der Waals surface area (Å²) in [7, 11) is 0. The van der Waals surface area contributed by atoms with E-state index in [1.807, 2.05) is 30.3 Å².